The summed E-state index contributed by atoms with van der Waals surface area (Å²) in [7, 11) is 0. The predicted molar refractivity (Wildman–Crippen MR) is 97.6 cm³/mol. The van der Waals surface area contributed by atoms with Gasteiger partial charge in [-0.3, -0.25) is 4.79 Å². The summed E-state index contributed by atoms with van der Waals surface area (Å²) in [6, 6.07) is 0. The van der Waals surface area contributed by atoms with E-state index in [1.807, 2.05) is 6.92 Å². The Morgan fingerprint density at radius 2 is 1.80 bits per heavy atom. The Morgan fingerprint density at radius 3 is 2.48 bits per heavy atom. The molecule has 0 aliphatic heterocycles. The highest BCUT2D eigenvalue weighted by molar-refractivity contribution is 5.97. The van der Waals surface area contributed by atoms with Crippen LogP contribution in [0.3, 0.4) is 0 Å². The van der Waals surface area contributed by atoms with Gasteiger partial charge in [-0.25, -0.2) is 0 Å². The number of aliphatic hydroxyl groups is 2. The van der Waals surface area contributed by atoms with E-state index in [-0.39, 0.29) is 11.7 Å². The first-order valence-electron chi connectivity index (χ1n) is 10.3. The number of carbonyl (C=O) groups is 1. The van der Waals surface area contributed by atoms with Gasteiger partial charge in [0, 0.05) is 11.8 Å². The number of hydrogen-bond donors (Lipinski definition) is 2. The Bertz CT molecular complexity index is 621. The molecular weight excluding hydrogens is 312 g/mol. The molecule has 4 rings (SSSR count). The normalized spacial score (nSPS) is 49.9. The number of fused-ring (bicyclic) bond motifs is 5. The largest absolute Gasteiger partial charge is 0.367 e. The van der Waals surface area contributed by atoms with Crippen LogP contribution in [0.15, 0.2) is 11.1 Å². The number of Topliss-reactive ketones (excluding diaryl/α,β-unsaturated/α-hetero) is 1. The van der Waals surface area contributed by atoms with Crippen LogP contribution in [0.4, 0.5) is 0 Å². The van der Waals surface area contributed by atoms with Crippen molar-refractivity contribution < 1.29 is 15.0 Å². The van der Waals surface area contributed by atoms with Crippen molar-refractivity contribution in [1.82, 2.24) is 0 Å². The van der Waals surface area contributed by atoms with E-state index < -0.39 is 11.7 Å². The quantitative estimate of drug-likeness (QED) is 0.703. The molecule has 4 aliphatic rings. The van der Waals surface area contributed by atoms with E-state index in [4.69, 9.17) is 0 Å². The average molecular weight is 347 g/mol. The lowest BCUT2D eigenvalue weighted by Gasteiger charge is -2.61. The zero-order valence-electron chi connectivity index (χ0n) is 16.2. The fraction of sp³-hybridized carbons (Fsp3) is 0.864. The molecule has 0 bridgehead atoms. The topological polar surface area (TPSA) is 57.5 Å². The molecular formula is C22H34O3. The van der Waals surface area contributed by atoms with Crippen LogP contribution in [0.25, 0.3) is 0 Å². The number of carbonyl (C=O) groups excluding carboxylic acids is 1. The molecule has 0 heterocycles. The predicted octanol–water partition coefficient (Wildman–Crippen LogP) is 4.08. The summed E-state index contributed by atoms with van der Waals surface area (Å²) >= 11 is 0. The van der Waals surface area contributed by atoms with Crippen molar-refractivity contribution in [2.75, 3.05) is 0 Å². The van der Waals surface area contributed by atoms with Crippen molar-refractivity contribution in [2.45, 2.75) is 78.9 Å². The molecule has 3 saturated carbocycles. The Morgan fingerprint density at radius 1 is 1.08 bits per heavy atom. The SMILES string of the molecule is CC1=C2C(C)C[C@@H]3[C@@H](CC[C@]4(C)C(C)CC[C@@H]34)[C@@]2(C(O)O)CCC1=O. The summed E-state index contributed by atoms with van der Waals surface area (Å²) in [4.78, 5) is 12.4. The first kappa shape index (κ1) is 17.7. The van der Waals surface area contributed by atoms with E-state index in [0.29, 0.717) is 36.0 Å². The van der Waals surface area contributed by atoms with Crippen LogP contribution in [0, 0.1) is 40.4 Å². The van der Waals surface area contributed by atoms with E-state index in [0.717, 1.165) is 29.9 Å². The van der Waals surface area contributed by atoms with Crippen LogP contribution in [-0.4, -0.2) is 22.3 Å². The van der Waals surface area contributed by atoms with E-state index in [9.17, 15) is 15.0 Å². The maximum atomic E-state index is 12.4. The van der Waals surface area contributed by atoms with Crippen molar-refractivity contribution in [3.63, 3.8) is 0 Å². The summed E-state index contributed by atoms with van der Waals surface area (Å²) < 4.78 is 0. The molecule has 2 unspecified atom stereocenters. The third-order valence-corrected chi connectivity index (χ3v) is 9.24. The van der Waals surface area contributed by atoms with E-state index >= 15 is 0 Å². The van der Waals surface area contributed by atoms with Gasteiger partial charge in [-0.2, -0.15) is 0 Å². The van der Waals surface area contributed by atoms with Crippen LogP contribution < -0.4 is 0 Å². The molecule has 4 aliphatic carbocycles. The van der Waals surface area contributed by atoms with Gasteiger partial charge in [0.2, 0.25) is 0 Å². The minimum atomic E-state index is -1.34. The molecule has 3 nitrogen and oxygen atoms in total. The van der Waals surface area contributed by atoms with Gasteiger partial charge in [-0.15, -0.1) is 0 Å². The Balaban J connectivity index is 1.83. The van der Waals surface area contributed by atoms with Gasteiger partial charge in [0.05, 0.1) is 0 Å². The van der Waals surface area contributed by atoms with E-state index in [1.54, 1.807) is 0 Å². The van der Waals surface area contributed by atoms with Crippen molar-refractivity contribution in [3.8, 4) is 0 Å². The van der Waals surface area contributed by atoms with Gasteiger partial charge in [-0.1, -0.05) is 20.8 Å². The zero-order chi connectivity index (χ0) is 18.1. The molecule has 25 heavy (non-hydrogen) atoms. The Hall–Kier alpha value is -0.670. The van der Waals surface area contributed by atoms with Gasteiger partial charge < -0.3 is 10.2 Å². The van der Waals surface area contributed by atoms with Crippen LogP contribution in [0.1, 0.15) is 72.6 Å². The minimum absolute atomic E-state index is 0.215. The van der Waals surface area contributed by atoms with Crippen molar-refractivity contribution >= 4 is 5.78 Å². The third kappa shape index (κ3) is 2.15. The monoisotopic (exact) mass is 346 g/mol. The number of rotatable bonds is 1. The van der Waals surface area contributed by atoms with Gasteiger partial charge in [0.1, 0.15) is 0 Å². The van der Waals surface area contributed by atoms with Crippen molar-refractivity contribution in [2.24, 2.45) is 40.4 Å². The van der Waals surface area contributed by atoms with E-state index in [1.165, 1.54) is 19.3 Å². The maximum Gasteiger partial charge on any atom is 0.161 e. The average Bonchev–Trinajstić information content (AvgIpc) is 2.86. The fourth-order valence-electron chi connectivity index (χ4n) is 7.86. The zero-order valence-corrected chi connectivity index (χ0v) is 16.2. The molecule has 3 heteroatoms. The molecule has 0 aromatic rings. The lowest BCUT2D eigenvalue weighted by molar-refractivity contribution is -0.190. The van der Waals surface area contributed by atoms with E-state index in [2.05, 4.69) is 20.8 Å². The molecule has 7 atom stereocenters. The second-order valence-electron chi connectivity index (χ2n) is 9.91. The lowest BCUT2D eigenvalue weighted by atomic mass is 9.44. The summed E-state index contributed by atoms with van der Waals surface area (Å²) in [5.41, 5.74) is 1.77. The van der Waals surface area contributed by atoms with Crippen LogP contribution >= 0.6 is 0 Å². The van der Waals surface area contributed by atoms with Crippen LogP contribution in [0.5, 0.6) is 0 Å². The molecule has 0 spiro atoms. The first-order chi connectivity index (χ1) is 11.7. The van der Waals surface area contributed by atoms with Gasteiger partial charge in [0.15, 0.2) is 12.1 Å². The molecule has 140 valence electrons. The molecule has 0 amide bonds. The molecule has 0 aromatic carbocycles. The van der Waals surface area contributed by atoms with Gasteiger partial charge >= 0.3 is 0 Å². The van der Waals surface area contributed by atoms with Crippen LogP contribution in [0.2, 0.25) is 0 Å². The highest BCUT2D eigenvalue weighted by Gasteiger charge is 2.63. The number of ketones is 1. The highest BCUT2D eigenvalue weighted by Crippen LogP contribution is 2.68. The van der Waals surface area contributed by atoms with Gasteiger partial charge in [0.25, 0.3) is 0 Å². The Kier molecular flexibility index (Phi) is 4.01. The second-order valence-corrected chi connectivity index (χ2v) is 9.91. The number of aliphatic hydroxyl groups excluding tert-OH is 1. The maximum absolute atomic E-state index is 12.4. The summed E-state index contributed by atoms with van der Waals surface area (Å²) in [6.45, 7) is 9.04. The minimum Gasteiger partial charge on any atom is -0.367 e. The molecule has 3 fully saturated rings. The van der Waals surface area contributed by atoms with Crippen molar-refractivity contribution in [3.05, 3.63) is 11.1 Å². The Labute approximate surface area is 151 Å². The summed E-state index contributed by atoms with van der Waals surface area (Å²) in [5.74, 6) is 2.88. The summed E-state index contributed by atoms with van der Waals surface area (Å²) in [5, 5.41) is 21.2. The van der Waals surface area contributed by atoms with Crippen LogP contribution in [-0.2, 0) is 4.79 Å². The summed E-state index contributed by atoms with van der Waals surface area (Å²) in [6.07, 6.45) is 5.76. The second kappa shape index (κ2) is 5.66. The molecule has 0 saturated heterocycles. The first-order valence-corrected chi connectivity index (χ1v) is 10.3. The lowest BCUT2D eigenvalue weighted by Crippen LogP contribution is -2.58. The molecule has 2 N–H and O–H groups in total. The smallest absolute Gasteiger partial charge is 0.161 e. The fourth-order valence-corrected chi connectivity index (χ4v) is 7.86. The standard InChI is InChI=1S/C22H34O3/c1-12-11-15-16-6-5-13(2)21(16,4)9-7-17(15)22(20(24)25)10-8-18(23)14(3)19(12)22/h12-13,15-17,20,24-25H,5-11H2,1-4H3/t12?,13?,15-,16-,17+,21+,22-/m0/s1. The molecule has 0 aromatic heterocycles. The molecule has 0 radical (unpaired) electrons. The van der Waals surface area contributed by atoms with Gasteiger partial charge in [-0.05, 0) is 91.6 Å². The third-order valence-electron chi connectivity index (χ3n) is 9.24. The highest BCUT2D eigenvalue weighted by atomic mass is 16.5. The number of hydrogen-bond acceptors (Lipinski definition) is 3. The van der Waals surface area contributed by atoms with Crippen molar-refractivity contribution in [1.29, 1.82) is 0 Å².